The summed E-state index contributed by atoms with van der Waals surface area (Å²) in [6, 6.07) is 13.0. The van der Waals surface area contributed by atoms with Gasteiger partial charge in [0.05, 0.1) is 0 Å². The Labute approximate surface area is 244 Å². The van der Waals surface area contributed by atoms with Crippen molar-refractivity contribution in [2.45, 2.75) is 26.2 Å². The Hall–Kier alpha value is -4.48. The third-order valence-corrected chi connectivity index (χ3v) is 7.65. The van der Waals surface area contributed by atoms with Gasteiger partial charge in [0.2, 0.25) is 0 Å². The summed E-state index contributed by atoms with van der Waals surface area (Å²) in [4.78, 5) is 39.6. The van der Waals surface area contributed by atoms with E-state index < -0.39 is 11.9 Å². The third kappa shape index (κ3) is 7.83. The van der Waals surface area contributed by atoms with Crippen LogP contribution in [0.2, 0.25) is 0 Å². The van der Waals surface area contributed by atoms with E-state index in [1.165, 1.54) is 41.2 Å². The highest BCUT2D eigenvalue weighted by atomic mass is 32.1. The summed E-state index contributed by atoms with van der Waals surface area (Å²) in [7, 11) is 0. The van der Waals surface area contributed by atoms with Crippen LogP contribution in [-0.4, -0.2) is 56.1 Å². The number of piperidine rings is 1. The van der Waals surface area contributed by atoms with Gasteiger partial charge in [0.25, 0.3) is 5.56 Å². The van der Waals surface area contributed by atoms with Crippen molar-refractivity contribution >= 4 is 33.8 Å². The molecule has 2 N–H and O–H groups in total. The minimum absolute atomic E-state index is 0.0243. The van der Waals surface area contributed by atoms with Crippen LogP contribution >= 0.6 is 11.3 Å². The molecule has 2 aromatic heterocycles. The standard InChI is InChI=1S/C27H25F2N3OS.C4H4O4/c1-18-24(26(33)32-16-17-34-27(32)30-18)12-15-31-13-10-21(11-14-31)25(19-2-6-22(28)7-3-19)20-4-8-23(29)9-5-20;5-3(6)1-2-4(7)8/h2-9,16-17H,10-15H2,1H3;1-2H,(H,5,6)(H,7,8). The van der Waals surface area contributed by atoms with Gasteiger partial charge in [0, 0.05) is 54.6 Å². The van der Waals surface area contributed by atoms with Gasteiger partial charge >= 0.3 is 11.9 Å². The summed E-state index contributed by atoms with van der Waals surface area (Å²) < 4.78 is 28.7. The van der Waals surface area contributed by atoms with E-state index in [1.54, 1.807) is 34.9 Å². The first-order chi connectivity index (χ1) is 20.1. The van der Waals surface area contributed by atoms with Gasteiger partial charge in [-0.2, -0.15) is 0 Å². The molecule has 0 radical (unpaired) electrons. The van der Waals surface area contributed by atoms with Crippen molar-refractivity contribution in [2.75, 3.05) is 19.6 Å². The lowest BCUT2D eigenvalue weighted by Gasteiger charge is -2.30. The maximum Gasteiger partial charge on any atom is 0.328 e. The van der Waals surface area contributed by atoms with Crippen LogP contribution in [0, 0.1) is 18.6 Å². The molecule has 0 saturated carbocycles. The highest BCUT2D eigenvalue weighted by Gasteiger charge is 2.20. The number of aliphatic carboxylic acids is 2. The zero-order valence-electron chi connectivity index (χ0n) is 22.8. The second-order valence-corrected chi connectivity index (χ2v) is 10.5. The fourth-order valence-corrected chi connectivity index (χ4v) is 5.57. The van der Waals surface area contributed by atoms with Crippen LogP contribution in [0.3, 0.4) is 0 Å². The molecule has 2 aromatic carbocycles. The van der Waals surface area contributed by atoms with E-state index >= 15 is 0 Å². The molecular formula is C31H29F2N3O5S. The molecule has 4 aromatic rings. The number of likely N-dealkylation sites (tertiary alicyclic amines) is 1. The molecule has 1 aliphatic heterocycles. The molecule has 0 amide bonds. The van der Waals surface area contributed by atoms with Gasteiger partial charge in [-0.25, -0.2) is 23.4 Å². The fraction of sp³-hybridized carbons (Fsp3) is 0.226. The average molecular weight is 594 g/mol. The molecule has 3 heterocycles. The van der Waals surface area contributed by atoms with Crippen molar-refractivity contribution in [1.82, 2.24) is 14.3 Å². The number of fused-ring (bicyclic) bond motifs is 1. The van der Waals surface area contributed by atoms with Crippen LogP contribution in [0.15, 0.2) is 82.6 Å². The summed E-state index contributed by atoms with van der Waals surface area (Å²) >= 11 is 1.47. The van der Waals surface area contributed by atoms with Gasteiger partial charge in [-0.1, -0.05) is 29.8 Å². The van der Waals surface area contributed by atoms with Crippen molar-refractivity contribution in [3.8, 4) is 0 Å². The quantitative estimate of drug-likeness (QED) is 0.284. The lowest BCUT2D eigenvalue weighted by Crippen LogP contribution is -2.34. The van der Waals surface area contributed by atoms with E-state index in [0.717, 1.165) is 65.4 Å². The number of rotatable bonds is 7. The Bertz CT molecular complexity index is 1620. The lowest BCUT2D eigenvalue weighted by atomic mass is 9.88. The number of aryl methyl sites for hydroxylation is 1. The minimum atomic E-state index is -1.26. The van der Waals surface area contributed by atoms with Crippen molar-refractivity contribution in [1.29, 1.82) is 0 Å². The molecule has 1 fully saturated rings. The molecule has 218 valence electrons. The third-order valence-electron chi connectivity index (χ3n) is 6.89. The summed E-state index contributed by atoms with van der Waals surface area (Å²) in [6.07, 6.45) is 5.29. The molecule has 8 nitrogen and oxygen atoms in total. The van der Waals surface area contributed by atoms with Crippen LogP contribution in [0.1, 0.15) is 35.2 Å². The number of carboxylic acids is 2. The fourth-order valence-electron chi connectivity index (χ4n) is 4.82. The average Bonchev–Trinajstić information content (AvgIpc) is 3.44. The van der Waals surface area contributed by atoms with Gasteiger partial charge in [-0.05, 0) is 67.2 Å². The molecule has 1 saturated heterocycles. The second-order valence-electron chi connectivity index (χ2n) is 9.63. The molecule has 0 spiro atoms. The largest absolute Gasteiger partial charge is 0.478 e. The maximum absolute atomic E-state index is 13.5. The number of carboxylic acid groups (broad SMARTS) is 2. The molecule has 0 unspecified atom stereocenters. The van der Waals surface area contributed by atoms with Gasteiger partial charge in [-0.3, -0.25) is 9.20 Å². The first-order valence-electron chi connectivity index (χ1n) is 13.2. The van der Waals surface area contributed by atoms with Crippen LogP contribution in [0.5, 0.6) is 0 Å². The van der Waals surface area contributed by atoms with E-state index in [4.69, 9.17) is 10.2 Å². The Morgan fingerprint density at radius 1 is 0.929 bits per heavy atom. The van der Waals surface area contributed by atoms with Crippen molar-refractivity contribution in [3.05, 3.63) is 122 Å². The minimum Gasteiger partial charge on any atom is -0.478 e. The van der Waals surface area contributed by atoms with E-state index in [2.05, 4.69) is 9.88 Å². The summed E-state index contributed by atoms with van der Waals surface area (Å²) in [6.45, 7) is 4.44. The first-order valence-corrected chi connectivity index (χ1v) is 14.1. The Kier molecular flexibility index (Phi) is 10.1. The maximum atomic E-state index is 13.5. The summed E-state index contributed by atoms with van der Waals surface area (Å²) in [5, 5.41) is 17.5. The van der Waals surface area contributed by atoms with Gasteiger partial charge in [-0.15, -0.1) is 11.3 Å². The number of hydrogen-bond acceptors (Lipinski definition) is 6. The van der Waals surface area contributed by atoms with Crippen LogP contribution in [0.4, 0.5) is 8.78 Å². The number of benzene rings is 2. The predicted molar refractivity (Wildman–Crippen MR) is 157 cm³/mol. The van der Waals surface area contributed by atoms with Gasteiger partial charge < -0.3 is 15.1 Å². The number of nitrogens with zero attached hydrogens (tertiary/aromatic N) is 3. The number of hydrogen-bond donors (Lipinski definition) is 2. The van der Waals surface area contributed by atoms with E-state index in [0.29, 0.717) is 18.6 Å². The van der Waals surface area contributed by atoms with Gasteiger partial charge in [0.15, 0.2) is 4.96 Å². The number of aromatic nitrogens is 2. The van der Waals surface area contributed by atoms with Crippen LogP contribution in [0.25, 0.3) is 10.5 Å². The van der Waals surface area contributed by atoms with Crippen molar-refractivity contribution in [3.63, 3.8) is 0 Å². The van der Waals surface area contributed by atoms with Crippen LogP contribution < -0.4 is 5.56 Å². The summed E-state index contributed by atoms with van der Waals surface area (Å²) in [5.41, 5.74) is 5.82. The molecule has 42 heavy (non-hydrogen) atoms. The molecule has 5 rings (SSSR count). The summed E-state index contributed by atoms with van der Waals surface area (Å²) in [5.74, 6) is -3.06. The molecule has 0 atom stereocenters. The Morgan fingerprint density at radius 3 is 1.95 bits per heavy atom. The normalized spacial score (nSPS) is 13.6. The van der Waals surface area contributed by atoms with Crippen molar-refractivity contribution in [2.24, 2.45) is 0 Å². The van der Waals surface area contributed by atoms with Crippen LogP contribution in [-0.2, 0) is 16.0 Å². The highest BCUT2D eigenvalue weighted by molar-refractivity contribution is 7.15. The topological polar surface area (TPSA) is 112 Å². The Morgan fingerprint density at radius 2 is 1.45 bits per heavy atom. The van der Waals surface area contributed by atoms with E-state index in [-0.39, 0.29) is 17.2 Å². The van der Waals surface area contributed by atoms with E-state index in [1.807, 2.05) is 12.3 Å². The monoisotopic (exact) mass is 593 g/mol. The number of thiazole rings is 1. The smallest absolute Gasteiger partial charge is 0.328 e. The van der Waals surface area contributed by atoms with Gasteiger partial charge in [0.1, 0.15) is 11.6 Å². The predicted octanol–water partition coefficient (Wildman–Crippen LogP) is 5.19. The van der Waals surface area contributed by atoms with Crippen molar-refractivity contribution < 1.29 is 28.6 Å². The first kappa shape index (κ1) is 30.5. The molecule has 1 aliphatic rings. The van der Waals surface area contributed by atoms with E-state index in [9.17, 15) is 23.2 Å². The lowest BCUT2D eigenvalue weighted by molar-refractivity contribution is -0.134. The zero-order valence-corrected chi connectivity index (χ0v) is 23.6. The second kappa shape index (κ2) is 13.9. The highest BCUT2D eigenvalue weighted by Crippen LogP contribution is 2.32. The molecule has 11 heteroatoms. The SMILES string of the molecule is Cc1nc2sccn2c(=O)c1CCN1CCC(=C(c2ccc(F)cc2)c2ccc(F)cc2)CC1.O=C(O)C=CC(=O)O. The zero-order chi connectivity index (χ0) is 30.2. The number of halogens is 2. The molecule has 0 bridgehead atoms. The molecule has 0 aliphatic carbocycles. The Balaban J connectivity index is 0.000000446. The molecular weight excluding hydrogens is 564 g/mol. The number of carbonyl (C=O) groups is 2.